The molecule has 0 atom stereocenters. The molecular formula is C20H34IN5OS. The van der Waals surface area contributed by atoms with Crippen molar-refractivity contribution in [3.63, 3.8) is 0 Å². The third-order valence-corrected chi connectivity index (χ3v) is 5.27. The summed E-state index contributed by atoms with van der Waals surface area (Å²) < 4.78 is 6.36. The van der Waals surface area contributed by atoms with E-state index in [4.69, 9.17) is 4.74 Å². The molecule has 0 radical (unpaired) electrons. The van der Waals surface area contributed by atoms with Gasteiger partial charge in [0.1, 0.15) is 0 Å². The third kappa shape index (κ3) is 9.49. The number of guanidine groups is 1. The average molecular weight is 519 g/mol. The van der Waals surface area contributed by atoms with Gasteiger partial charge in [-0.2, -0.15) is 0 Å². The van der Waals surface area contributed by atoms with Gasteiger partial charge in [0.15, 0.2) is 5.96 Å². The molecule has 28 heavy (non-hydrogen) atoms. The highest BCUT2D eigenvalue weighted by atomic mass is 127. The smallest absolute Gasteiger partial charge is 0.191 e. The molecule has 0 amide bonds. The zero-order valence-electron chi connectivity index (χ0n) is 17.2. The first-order valence-electron chi connectivity index (χ1n) is 9.77. The molecule has 6 nitrogen and oxygen atoms in total. The van der Waals surface area contributed by atoms with Crippen LogP contribution in [0.15, 0.2) is 29.3 Å². The number of aliphatic imine (C=N–C) groups is 1. The lowest BCUT2D eigenvalue weighted by Crippen LogP contribution is -2.41. The standard InChI is InChI=1S/C20H33N5OS.HI/c1-4-21-20(23-13-15-25(2)14-8-16-26-3)22-12-7-11-19-24-17-9-5-6-10-18(17)27-19;/h5-6,9-10H,4,7-8,11-16H2,1-3H3,(H2,21,22,23);1H. The largest absolute Gasteiger partial charge is 0.385 e. The Morgan fingerprint density at radius 1 is 1.21 bits per heavy atom. The fourth-order valence-electron chi connectivity index (χ4n) is 2.75. The molecule has 1 heterocycles. The number of hydrogen-bond donors (Lipinski definition) is 2. The number of methoxy groups -OCH3 is 1. The fourth-order valence-corrected chi connectivity index (χ4v) is 3.75. The summed E-state index contributed by atoms with van der Waals surface area (Å²) in [7, 11) is 3.89. The summed E-state index contributed by atoms with van der Waals surface area (Å²) in [5, 5.41) is 7.93. The van der Waals surface area contributed by atoms with Gasteiger partial charge in [0.25, 0.3) is 0 Å². The van der Waals surface area contributed by atoms with E-state index in [1.54, 1.807) is 18.4 Å². The van der Waals surface area contributed by atoms with Gasteiger partial charge in [0.2, 0.25) is 0 Å². The van der Waals surface area contributed by atoms with Crippen molar-refractivity contribution in [2.75, 3.05) is 53.5 Å². The Morgan fingerprint density at radius 3 is 2.79 bits per heavy atom. The van der Waals surface area contributed by atoms with Crippen molar-refractivity contribution >= 4 is 51.5 Å². The molecule has 2 rings (SSSR count). The summed E-state index contributed by atoms with van der Waals surface area (Å²) in [6, 6.07) is 8.32. The number of hydrogen-bond acceptors (Lipinski definition) is 5. The number of benzene rings is 1. The SMILES string of the molecule is CCNC(=NCCCc1nc2ccccc2s1)NCCN(C)CCCOC.I. The van der Waals surface area contributed by atoms with Gasteiger partial charge in [-0.25, -0.2) is 4.98 Å². The van der Waals surface area contributed by atoms with Gasteiger partial charge in [-0.15, -0.1) is 35.3 Å². The monoisotopic (exact) mass is 519 g/mol. The second kappa shape index (κ2) is 14.9. The first kappa shape index (κ1) is 25.1. The summed E-state index contributed by atoms with van der Waals surface area (Å²) in [6.07, 6.45) is 3.05. The van der Waals surface area contributed by atoms with Crippen molar-refractivity contribution in [1.29, 1.82) is 0 Å². The van der Waals surface area contributed by atoms with Crippen LogP contribution in [-0.2, 0) is 11.2 Å². The number of para-hydroxylation sites is 1. The topological polar surface area (TPSA) is 61.8 Å². The van der Waals surface area contributed by atoms with E-state index in [2.05, 4.69) is 57.7 Å². The van der Waals surface area contributed by atoms with Gasteiger partial charge in [-0.1, -0.05) is 12.1 Å². The molecule has 0 saturated heterocycles. The summed E-state index contributed by atoms with van der Waals surface area (Å²) >= 11 is 1.79. The molecule has 8 heteroatoms. The van der Waals surface area contributed by atoms with E-state index in [0.29, 0.717) is 0 Å². The van der Waals surface area contributed by atoms with E-state index in [1.165, 1.54) is 9.71 Å². The lowest BCUT2D eigenvalue weighted by Gasteiger charge is -2.18. The minimum atomic E-state index is 0. The summed E-state index contributed by atoms with van der Waals surface area (Å²) in [5.41, 5.74) is 1.10. The molecule has 1 aromatic heterocycles. The van der Waals surface area contributed by atoms with Crippen molar-refractivity contribution < 1.29 is 4.74 Å². The summed E-state index contributed by atoms with van der Waals surface area (Å²) in [4.78, 5) is 11.7. The molecule has 1 aromatic carbocycles. The highest BCUT2D eigenvalue weighted by Gasteiger charge is 2.03. The molecule has 0 unspecified atom stereocenters. The average Bonchev–Trinajstić information content (AvgIpc) is 3.08. The maximum absolute atomic E-state index is 5.10. The predicted molar refractivity (Wildman–Crippen MR) is 131 cm³/mol. The number of likely N-dealkylation sites (N-methyl/N-ethyl adjacent to an activating group) is 1. The minimum Gasteiger partial charge on any atom is -0.385 e. The van der Waals surface area contributed by atoms with E-state index < -0.39 is 0 Å². The second-order valence-corrected chi connectivity index (χ2v) is 7.63. The highest BCUT2D eigenvalue weighted by molar-refractivity contribution is 14.0. The van der Waals surface area contributed by atoms with Crippen molar-refractivity contribution in [2.24, 2.45) is 4.99 Å². The van der Waals surface area contributed by atoms with Crippen molar-refractivity contribution in [3.8, 4) is 0 Å². The van der Waals surface area contributed by atoms with E-state index >= 15 is 0 Å². The van der Waals surface area contributed by atoms with Crippen molar-refractivity contribution in [3.05, 3.63) is 29.3 Å². The molecule has 0 fully saturated rings. The Kier molecular flexibility index (Phi) is 13.4. The maximum atomic E-state index is 5.10. The number of ether oxygens (including phenoxy) is 1. The zero-order valence-corrected chi connectivity index (χ0v) is 20.4. The number of halogens is 1. The van der Waals surface area contributed by atoms with Crippen LogP contribution < -0.4 is 10.6 Å². The molecule has 158 valence electrons. The van der Waals surface area contributed by atoms with Gasteiger partial charge in [0.05, 0.1) is 15.2 Å². The number of nitrogens with zero attached hydrogens (tertiary/aromatic N) is 3. The van der Waals surface area contributed by atoms with Crippen LogP contribution >= 0.6 is 35.3 Å². The number of aromatic nitrogens is 1. The van der Waals surface area contributed by atoms with E-state index in [0.717, 1.165) is 70.1 Å². The van der Waals surface area contributed by atoms with Crippen LogP contribution in [0, 0.1) is 0 Å². The molecule has 0 aliphatic rings. The Balaban J connectivity index is 0.00000392. The molecule has 0 aliphatic carbocycles. The van der Waals surface area contributed by atoms with Gasteiger partial charge < -0.3 is 20.3 Å². The lowest BCUT2D eigenvalue weighted by molar-refractivity contribution is 0.180. The zero-order chi connectivity index (χ0) is 19.3. The molecule has 0 saturated carbocycles. The van der Waals surface area contributed by atoms with E-state index in [1.807, 2.05) is 6.07 Å². The van der Waals surface area contributed by atoms with Gasteiger partial charge >= 0.3 is 0 Å². The van der Waals surface area contributed by atoms with E-state index in [-0.39, 0.29) is 24.0 Å². The normalized spacial score (nSPS) is 11.6. The molecule has 0 aliphatic heterocycles. The quantitative estimate of drug-likeness (QED) is 0.195. The van der Waals surface area contributed by atoms with Crippen LogP contribution in [0.2, 0.25) is 0 Å². The lowest BCUT2D eigenvalue weighted by atomic mass is 10.3. The molecule has 2 N–H and O–H groups in total. The number of rotatable bonds is 12. The molecule has 2 aromatic rings. The maximum Gasteiger partial charge on any atom is 0.191 e. The van der Waals surface area contributed by atoms with Gasteiger partial charge in [-0.05, 0) is 38.9 Å². The van der Waals surface area contributed by atoms with Crippen molar-refractivity contribution in [1.82, 2.24) is 20.5 Å². The van der Waals surface area contributed by atoms with Crippen LogP contribution in [0.3, 0.4) is 0 Å². The van der Waals surface area contributed by atoms with Gasteiger partial charge in [-0.3, -0.25) is 4.99 Å². The Labute approximate surface area is 190 Å². The third-order valence-electron chi connectivity index (χ3n) is 4.18. The number of aryl methyl sites for hydroxylation is 1. The highest BCUT2D eigenvalue weighted by Crippen LogP contribution is 2.22. The fraction of sp³-hybridized carbons (Fsp3) is 0.600. The van der Waals surface area contributed by atoms with Crippen LogP contribution in [0.1, 0.15) is 24.8 Å². The first-order chi connectivity index (χ1) is 13.2. The van der Waals surface area contributed by atoms with Crippen LogP contribution in [0.5, 0.6) is 0 Å². The van der Waals surface area contributed by atoms with Crippen LogP contribution in [0.25, 0.3) is 10.2 Å². The first-order valence-corrected chi connectivity index (χ1v) is 10.6. The number of thiazole rings is 1. The molecule has 0 spiro atoms. The summed E-state index contributed by atoms with van der Waals surface area (Å²) in [5.74, 6) is 0.895. The number of fused-ring (bicyclic) bond motifs is 1. The summed E-state index contributed by atoms with van der Waals surface area (Å²) in [6.45, 7) is 7.49. The molecule has 0 bridgehead atoms. The van der Waals surface area contributed by atoms with Crippen molar-refractivity contribution in [2.45, 2.75) is 26.2 Å². The Hall–Kier alpha value is -0.970. The van der Waals surface area contributed by atoms with Crippen LogP contribution in [0.4, 0.5) is 0 Å². The Bertz CT molecular complexity index is 661. The van der Waals surface area contributed by atoms with Gasteiger partial charge in [0, 0.05) is 52.9 Å². The second-order valence-electron chi connectivity index (χ2n) is 6.52. The van der Waals surface area contributed by atoms with E-state index in [9.17, 15) is 0 Å². The molecular weight excluding hydrogens is 485 g/mol. The minimum absolute atomic E-state index is 0. The Morgan fingerprint density at radius 2 is 2.04 bits per heavy atom. The van der Waals surface area contributed by atoms with Crippen LogP contribution in [-0.4, -0.2) is 69.3 Å². The number of nitrogens with one attached hydrogen (secondary N) is 2. The predicted octanol–water partition coefficient (Wildman–Crippen LogP) is 3.37.